The van der Waals surface area contributed by atoms with E-state index in [4.69, 9.17) is 5.11 Å². The van der Waals surface area contributed by atoms with E-state index in [1.165, 1.54) is 4.57 Å². The summed E-state index contributed by atoms with van der Waals surface area (Å²) in [6, 6.07) is 0. The van der Waals surface area contributed by atoms with E-state index in [1.807, 2.05) is 6.92 Å². The van der Waals surface area contributed by atoms with Gasteiger partial charge in [-0.25, -0.2) is 4.79 Å². The first-order valence-corrected chi connectivity index (χ1v) is 6.59. The van der Waals surface area contributed by atoms with Crippen LogP contribution in [0.4, 0.5) is 13.2 Å². The second kappa shape index (κ2) is 6.17. The minimum Gasteiger partial charge on any atom is -0.478 e. The number of aryl methyl sites for hydroxylation is 1. The van der Waals surface area contributed by atoms with Gasteiger partial charge >= 0.3 is 12.1 Å². The van der Waals surface area contributed by atoms with E-state index in [1.54, 1.807) is 11.8 Å². The van der Waals surface area contributed by atoms with Gasteiger partial charge in [-0.1, -0.05) is 6.92 Å². The van der Waals surface area contributed by atoms with E-state index in [-0.39, 0.29) is 0 Å². The third-order valence-electron chi connectivity index (χ3n) is 2.32. The number of rotatable bonds is 6. The Bertz CT molecular complexity index is 415. The lowest BCUT2D eigenvalue weighted by Crippen LogP contribution is -2.09. The van der Waals surface area contributed by atoms with Gasteiger partial charge in [-0.05, 0) is 17.9 Å². The van der Waals surface area contributed by atoms with Gasteiger partial charge < -0.3 is 9.67 Å². The Labute approximate surface area is 107 Å². The topological polar surface area (TPSA) is 42.2 Å². The van der Waals surface area contributed by atoms with Crippen molar-refractivity contribution in [1.29, 1.82) is 0 Å². The Morgan fingerprint density at radius 3 is 2.56 bits per heavy atom. The average Bonchev–Trinajstić information content (AvgIpc) is 2.68. The highest BCUT2D eigenvalue weighted by molar-refractivity contribution is 7.99. The van der Waals surface area contributed by atoms with Gasteiger partial charge in [0.05, 0.1) is 11.1 Å². The Balaban J connectivity index is 2.80. The van der Waals surface area contributed by atoms with Crippen molar-refractivity contribution in [3.05, 3.63) is 23.5 Å². The lowest BCUT2D eigenvalue weighted by molar-refractivity contribution is -0.138. The highest BCUT2D eigenvalue weighted by Gasteiger charge is 2.36. The van der Waals surface area contributed by atoms with Gasteiger partial charge in [-0.3, -0.25) is 0 Å². The van der Waals surface area contributed by atoms with Gasteiger partial charge in [-0.15, -0.1) is 0 Å². The summed E-state index contributed by atoms with van der Waals surface area (Å²) in [5.74, 6) is 0.252. The molecule has 102 valence electrons. The zero-order valence-electron chi connectivity index (χ0n) is 9.83. The van der Waals surface area contributed by atoms with Crippen LogP contribution in [0.5, 0.6) is 0 Å². The van der Waals surface area contributed by atoms with Crippen molar-refractivity contribution in [2.75, 3.05) is 11.5 Å². The fraction of sp³-hybridized carbons (Fsp3) is 0.545. The molecule has 1 heterocycles. The summed E-state index contributed by atoms with van der Waals surface area (Å²) in [5, 5.41) is 8.73. The quantitative estimate of drug-likeness (QED) is 0.813. The molecule has 0 saturated heterocycles. The van der Waals surface area contributed by atoms with Gasteiger partial charge in [0.25, 0.3) is 0 Å². The number of alkyl halides is 3. The molecular formula is C11H14F3NO2S. The second-order valence-electron chi connectivity index (χ2n) is 3.68. The van der Waals surface area contributed by atoms with Crippen LogP contribution in [0.3, 0.4) is 0 Å². The van der Waals surface area contributed by atoms with E-state index >= 15 is 0 Å². The number of hydrogen-bond donors (Lipinski definition) is 1. The molecule has 1 aromatic heterocycles. The van der Waals surface area contributed by atoms with Gasteiger partial charge in [-0.2, -0.15) is 24.9 Å². The monoisotopic (exact) mass is 281 g/mol. The molecular weight excluding hydrogens is 267 g/mol. The zero-order chi connectivity index (χ0) is 13.8. The molecule has 0 spiro atoms. The summed E-state index contributed by atoms with van der Waals surface area (Å²) in [6.45, 7) is 2.40. The number of carbonyl (C=O) groups is 1. The van der Waals surface area contributed by atoms with E-state index in [0.717, 1.165) is 23.9 Å². The zero-order valence-corrected chi connectivity index (χ0v) is 10.6. The van der Waals surface area contributed by atoms with Crippen LogP contribution in [0.15, 0.2) is 12.4 Å². The summed E-state index contributed by atoms with van der Waals surface area (Å²) in [4.78, 5) is 10.7. The molecule has 0 atom stereocenters. The molecule has 1 rings (SSSR count). The molecule has 0 fully saturated rings. The van der Waals surface area contributed by atoms with Crippen LogP contribution >= 0.6 is 11.8 Å². The van der Waals surface area contributed by atoms with Crippen LogP contribution in [0, 0.1) is 0 Å². The summed E-state index contributed by atoms with van der Waals surface area (Å²) >= 11 is 1.70. The third kappa shape index (κ3) is 3.97. The van der Waals surface area contributed by atoms with Crippen molar-refractivity contribution in [1.82, 2.24) is 4.57 Å². The Morgan fingerprint density at radius 2 is 2.11 bits per heavy atom. The van der Waals surface area contributed by atoms with Crippen LogP contribution < -0.4 is 0 Å². The highest BCUT2D eigenvalue weighted by atomic mass is 32.2. The Kier molecular flexibility index (Phi) is 5.13. The van der Waals surface area contributed by atoms with E-state index < -0.39 is 23.3 Å². The number of thioether (sulfide) groups is 1. The average molecular weight is 281 g/mol. The predicted molar refractivity (Wildman–Crippen MR) is 64.0 cm³/mol. The molecule has 0 bridgehead atoms. The van der Waals surface area contributed by atoms with Crippen LogP contribution in [0.25, 0.3) is 0 Å². The van der Waals surface area contributed by atoms with E-state index in [0.29, 0.717) is 13.0 Å². The van der Waals surface area contributed by atoms with Crippen molar-refractivity contribution in [2.24, 2.45) is 0 Å². The highest BCUT2D eigenvalue weighted by Crippen LogP contribution is 2.32. The van der Waals surface area contributed by atoms with Crippen molar-refractivity contribution < 1.29 is 23.1 Å². The largest absolute Gasteiger partial charge is 0.478 e. The first kappa shape index (κ1) is 14.9. The smallest absolute Gasteiger partial charge is 0.418 e. The van der Waals surface area contributed by atoms with E-state index in [2.05, 4.69) is 0 Å². The summed E-state index contributed by atoms with van der Waals surface area (Å²) < 4.78 is 39.0. The van der Waals surface area contributed by atoms with Crippen LogP contribution in [0.1, 0.15) is 29.3 Å². The van der Waals surface area contributed by atoms with Gasteiger partial charge in [0.15, 0.2) is 0 Å². The van der Waals surface area contributed by atoms with Crippen molar-refractivity contribution in [3.8, 4) is 0 Å². The van der Waals surface area contributed by atoms with Crippen LogP contribution in [-0.2, 0) is 12.7 Å². The molecule has 1 aromatic rings. The fourth-order valence-electron chi connectivity index (χ4n) is 1.53. The summed E-state index contributed by atoms with van der Waals surface area (Å²) in [5.41, 5.74) is -1.77. The molecule has 7 heteroatoms. The van der Waals surface area contributed by atoms with Crippen LogP contribution in [0.2, 0.25) is 0 Å². The number of carboxylic acid groups (broad SMARTS) is 1. The maximum absolute atomic E-state index is 12.6. The molecule has 3 nitrogen and oxygen atoms in total. The maximum Gasteiger partial charge on any atom is 0.418 e. The molecule has 0 aliphatic carbocycles. The number of aromatic carboxylic acids is 1. The van der Waals surface area contributed by atoms with Gasteiger partial charge in [0.1, 0.15) is 0 Å². The lowest BCUT2D eigenvalue weighted by atomic mass is 10.2. The van der Waals surface area contributed by atoms with Crippen molar-refractivity contribution >= 4 is 17.7 Å². The molecule has 0 aliphatic rings. The number of hydrogen-bond acceptors (Lipinski definition) is 2. The molecule has 18 heavy (non-hydrogen) atoms. The third-order valence-corrected chi connectivity index (χ3v) is 3.31. The minimum absolute atomic E-state index is 0.392. The minimum atomic E-state index is -4.63. The van der Waals surface area contributed by atoms with E-state index in [9.17, 15) is 18.0 Å². The fourth-order valence-corrected chi connectivity index (χ4v) is 2.15. The second-order valence-corrected chi connectivity index (χ2v) is 5.07. The maximum atomic E-state index is 12.6. The van der Waals surface area contributed by atoms with Crippen molar-refractivity contribution in [2.45, 2.75) is 26.1 Å². The Hall–Kier alpha value is -1.11. The first-order chi connectivity index (χ1) is 8.36. The lowest BCUT2D eigenvalue weighted by Gasteiger charge is -2.04. The van der Waals surface area contributed by atoms with Gasteiger partial charge in [0, 0.05) is 18.9 Å². The summed E-state index contributed by atoms with van der Waals surface area (Å²) in [6.07, 6.45) is -2.01. The number of aromatic nitrogens is 1. The number of halogens is 3. The molecule has 0 saturated carbocycles. The molecule has 0 amide bonds. The normalized spacial score (nSPS) is 11.8. The SMILES string of the molecule is CCSCCCn1cc(C(=O)O)c(C(F)(F)F)c1. The standard InChI is InChI=1S/C11H14F3NO2S/c1-2-18-5-3-4-15-6-8(10(16)17)9(7-15)11(12,13)14/h6-7H,2-5H2,1H3,(H,16,17). The molecule has 0 radical (unpaired) electrons. The molecule has 0 aliphatic heterocycles. The first-order valence-electron chi connectivity index (χ1n) is 5.44. The number of carboxylic acids is 1. The number of nitrogens with zero attached hydrogens (tertiary/aromatic N) is 1. The molecule has 1 N–H and O–H groups in total. The van der Waals surface area contributed by atoms with Crippen molar-refractivity contribution in [3.63, 3.8) is 0 Å². The summed E-state index contributed by atoms with van der Waals surface area (Å²) in [7, 11) is 0. The Morgan fingerprint density at radius 1 is 1.44 bits per heavy atom. The predicted octanol–water partition coefficient (Wildman–Crippen LogP) is 3.35. The molecule has 0 unspecified atom stereocenters. The van der Waals surface area contributed by atoms with Crippen LogP contribution in [-0.4, -0.2) is 27.1 Å². The van der Waals surface area contributed by atoms with Gasteiger partial charge in [0.2, 0.25) is 0 Å². The molecule has 0 aromatic carbocycles.